The lowest BCUT2D eigenvalue weighted by molar-refractivity contribution is -0.127. The van der Waals surface area contributed by atoms with E-state index >= 15 is 0 Å². The molecule has 0 aromatic carbocycles. The van der Waals surface area contributed by atoms with Crippen LogP contribution in [0.3, 0.4) is 0 Å². The summed E-state index contributed by atoms with van der Waals surface area (Å²) in [5.74, 6) is 3.17. The van der Waals surface area contributed by atoms with Crippen LogP contribution < -0.4 is 0 Å². The summed E-state index contributed by atoms with van der Waals surface area (Å²) in [6.07, 6.45) is 7.06. The smallest absolute Gasteiger partial charge is 0.134 e. The fourth-order valence-corrected chi connectivity index (χ4v) is 5.31. The Balaban J connectivity index is 1.62. The second kappa shape index (κ2) is 6.37. The van der Waals surface area contributed by atoms with Crippen LogP contribution in [0.15, 0.2) is 0 Å². The van der Waals surface area contributed by atoms with E-state index in [1.807, 2.05) is 0 Å². The fraction of sp³-hybridized carbons (Fsp3) is 0.938. The van der Waals surface area contributed by atoms with Crippen LogP contribution in [0.1, 0.15) is 45.4 Å². The minimum absolute atomic E-state index is 0.164. The van der Waals surface area contributed by atoms with Gasteiger partial charge in [0.1, 0.15) is 5.78 Å². The van der Waals surface area contributed by atoms with Crippen LogP contribution in [0.4, 0.5) is 0 Å². The average Bonchev–Trinajstić information content (AvgIpc) is 2.48. The predicted molar refractivity (Wildman–Crippen MR) is 83.2 cm³/mol. The normalized spacial score (nSPS) is 35.0. The Morgan fingerprint density at radius 1 is 1.30 bits per heavy atom. The number of Topliss-reactive ketones (excluding diaryl/α,β-unsaturated/α-hetero) is 1. The molecule has 2 unspecified atom stereocenters. The Hall–Kier alpha value is -0.0600. The summed E-state index contributed by atoms with van der Waals surface area (Å²) in [4.78, 5) is 14.3. The first-order chi connectivity index (χ1) is 9.69. The van der Waals surface area contributed by atoms with Gasteiger partial charge in [0.2, 0.25) is 0 Å². The minimum Gasteiger partial charge on any atom is -0.375 e. The molecule has 3 aliphatic rings. The predicted octanol–water partition coefficient (Wildman–Crippen LogP) is 2.73. The van der Waals surface area contributed by atoms with Crippen molar-refractivity contribution in [2.75, 3.05) is 31.2 Å². The van der Waals surface area contributed by atoms with Gasteiger partial charge in [-0.2, -0.15) is 11.8 Å². The van der Waals surface area contributed by atoms with E-state index in [1.54, 1.807) is 6.92 Å². The lowest BCUT2D eigenvalue weighted by Gasteiger charge is -2.48. The van der Waals surface area contributed by atoms with Crippen LogP contribution in [-0.2, 0) is 9.53 Å². The Labute approximate surface area is 126 Å². The van der Waals surface area contributed by atoms with Crippen molar-refractivity contribution in [1.29, 1.82) is 0 Å². The third-order valence-electron chi connectivity index (χ3n) is 5.42. The van der Waals surface area contributed by atoms with E-state index in [1.165, 1.54) is 43.7 Å². The van der Waals surface area contributed by atoms with E-state index in [0.29, 0.717) is 11.8 Å². The maximum atomic E-state index is 11.7. The highest BCUT2D eigenvalue weighted by Gasteiger charge is 2.41. The number of hydrogen-bond donors (Lipinski definition) is 0. The number of likely N-dealkylation sites (tertiary alicyclic amines) is 1. The van der Waals surface area contributed by atoms with Crippen LogP contribution >= 0.6 is 11.8 Å². The van der Waals surface area contributed by atoms with E-state index in [4.69, 9.17) is 4.74 Å². The summed E-state index contributed by atoms with van der Waals surface area (Å²) in [5, 5.41) is 0. The summed E-state index contributed by atoms with van der Waals surface area (Å²) in [7, 11) is 0. The first kappa shape index (κ1) is 14.9. The maximum absolute atomic E-state index is 11.7. The van der Waals surface area contributed by atoms with Crippen LogP contribution in [0, 0.1) is 5.92 Å². The van der Waals surface area contributed by atoms with Gasteiger partial charge in [-0.15, -0.1) is 0 Å². The molecular formula is C16H27NO2S. The molecule has 3 aliphatic heterocycles. The number of nitrogens with zero attached hydrogens (tertiary/aromatic N) is 1. The number of carbonyl (C=O) groups is 1. The molecule has 0 bridgehead atoms. The van der Waals surface area contributed by atoms with E-state index in [9.17, 15) is 4.79 Å². The van der Waals surface area contributed by atoms with Gasteiger partial charge in [0.15, 0.2) is 0 Å². The summed E-state index contributed by atoms with van der Waals surface area (Å²) >= 11 is 2.07. The zero-order chi connectivity index (χ0) is 14.0. The van der Waals surface area contributed by atoms with Gasteiger partial charge in [0.05, 0.1) is 5.60 Å². The van der Waals surface area contributed by atoms with Crippen molar-refractivity contribution in [2.45, 2.75) is 57.1 Å². The van der Waals surface area contributed by atoms with Gasteiger partial charge in [-0.05, 0) is 63.5 Å². The molecule has 2 atom stereocenters. The largest absolute Gasteiger partial charge is 0.375 e. The molecule has 0 radical (unpaired) electrons. The zero-order valence-corrected chi connectivity index (χ0v) is 13.4. The lowest BCUT2D eigenvalue weighted by Crippen LogP contribution is -2.53. The SMILES string of the molecule is CC(=O)C1CCCN(C2CCOC3(CCSCC3)C2)C1. The van der Waals surface area contributed by atoms with Crippen molar-refractivity contribution >= 4 is 17.5 Å². The Morgan fingerprint density at radius 2 is 2.10 bits per heavy atom. The van der Waals surface area contributed by atoms with Crippen LogP contribution in [-0.4, -0.2) is 53.5 Å². The molecule has 3 heterocycles. The summed E-state index contributed by atoms with van der Waals surface area (Å²) in [6, 6.07) is 0.647. The fourth-order valence-electron chi connectivity index (χ4n) is 4.08. The second-order valence-corrected chi connectivity index (χ2v) is 7.96. The number of ketones is 1. The molecular weight excluding hydrogens is 270 g/mol. The quantitative estimate of drug-likeness (QED) is 0.784. The van der Waals surface area contributed by atoms with Gasteiger partial charge in [0, 0.05) is 25.1 Å². The number of rotatable bonds is 2. The molecule has 0 amide bonds. The average molecular weight is 297 g/mol. The number of hydrogen-bond acceptors (Lipinski definition) is 4. The van der Waals surface area contributed by atoms with Crippen LogP contribution in [0.2, 0.25) is 0 Å². The molecule has 0 aromatic rings. The van der Waals surface area contributed by atoms with Gasteiger partial charge in [-0.25, -0.2) is 0 Å². The van der Waals surface area contributed by atoms with Crippen molar-refractivity contribution < 1.29 is 9.53 Å². The van der Waals surface area contributed by atoms with Gasteiger partial charge in [-0.1, -0.05) is 0 Å². The molecule has 0 N–H and O–H groups in total. The highest BCUT2D eigenvalue weighted by atomic mass is 32.2. The van der Waals surface area contributed by atoms with Crippen molar-refractivity contribution in [1.82, 2.24) is 4.90 Å². The number of carbonyl (C=O) groups excluding carboxylic acids is 1. The van der Waals surface area contributed by atoms with Crippen molar-refractivity contribution in [3.63, 3.8) is 0 Å². The van der Waals surface area contributed by atoms with E-state index in [0.717, 1.165) is 26.0 Å². The minimum atomic E-state index is 0.164. The summed E-state index contributed by atoms with van der Waals surface area (Å²) in [6.45, 7) is 4.85. The van der Waals surface area contributed by atoms with Crippen molar-refractivity contribution in [3.8, 4) is 0 Å². The molecule has 0 saturated carbocycles. The molecule has 3 nitrogen and oxygen atoms in total. The Bertz CT molecular complexity index is 349. The monoisotopic (exact) mass is 297 g/mol. The third kappa shape index (κ3) is 3.23. The molecule has 114 valence electrons. The van der Waals surface area contributed by atoms with Gasteiger partial charge in [0.25, 0.3) is 0 Å². The molecule has 1 spiro atoms. The van der Waals surface area contributed by atoms with Gasteiger partial charge < -0.3 is 4.74 Å². The Kier molecular flexibility index (Phi) is 4.73. The number of ether oxygens (including phenoxy) is 1. The molecule has 20 heavy (non-hydrogen) atoms. The highest BCUT2D eigenvalue weighted by molar-refractivity contribution is 7.99. The summed E-state index contributed by atoms with van der Waals surface area (Å²) in [5.41, 5.74) is 0.164. The van der Waals surface area contributed by atoms with E-state index in [-0.39, 0.29) is 11.5 Å². The maximum Gasteiger partial charge on any atom is 0.134 e. The van der Waals surface area contributed by atoms with Gasteiger partial charge in [-0.3, -0.25) is 9.69 Å². The van der Waals surface area contributed by atoms with E-state index < -0.39 is 0 Å². The topological polar surface area (TPSA) is 29.5 Å². The second-order valence-electron chi connectivity index (χ2n) is 6.74. The van der Waals surface area contributed by atoms with Crippen molar-refractivity contribution in [2.24, 2.45) is 5.92 Å². The van der Waals surface area contributed by atoms with Crippen molar-refractivity contribution in [3.05, 3.63) is 0 Å². The highest BCUT2D eigenvalue weighted by Crippen LogP contribution is 2.39. The lowest BCUT2D eigenvalue weighted by atomic mass is 9.83. The standard InChI is InChI=1S/C16H27NO2S/c1-13(18)14-3-2-7-17(12-14)15-4-8-19-16(11-15)5-9-20-10-6-16/h14-15H,2-12H2,1H3. The first-order valence-electron chi connectivity index (χ1n) is 8.15. The number of thioether (sulfide) groups is 1. The molecule has 3 rings (SSSR count). The summed E-state index contributed by atoms with van der Waals surface area (Å²) < 4.78 is 6.19. The Morgan fingerprint density at radius 3 is 2.85 bits per heavy atom. The molecule has 0 aliphatic carbocycles. The zero-order valence-electron chi connectivity index (χ0n) is 12.6. The van der Waals surface area contributed by atoms with Gasteiger partial charge >= 0.3 is 0 Å². The first-order valence-corrected chi connectivity index (χ1v) is 9.30. The molecule has 4 heteroatoms. The van der Waals surface area contributed by atoms with Crippen LogP contribution in [0.25, 0.3) is 0 Å². The number of piperidine rings is 1. The molecule has 3 fully saturated rings. The third-order valence-corrected chi connectivity index (χ3v) is 6.40. The van der Waals surface area contributed by atoms with E-state index in [2.05, 4.69) is 16.7 Å². The van der Waals surface area contributed by atoms with Crippen LogP contribution in [0.5, 0.6) is 0 Å². The molecule has 3 saturated heterocycles. The molecule has 0 aromatic heterocycles.